The van der Waals surface area contributed by atoms with Gasteiger partial charge in [-0.3, -0.25) is 4.79 Å². The summed E-state index contributed by atoms with van der Waals surface area (Å²) in [5.74, 6) is 0.820. The largest absolute Gasteiger partial charge is 0.399 e. The molecule has 0 aliphatic heterocycles. The Morgan fingerprint density at radius 1 is 1.29 bits per heavy atom. The van der Waals surface area contributed by atoms with E-state index in [1.165, 1.54) is 6.33 Å². The molecular weight excluding hydrogens is 264 g/mol. The highest BCUT2D eigenvalue weighted by Gasteiger charge is 2.30. The van der Waals surface area contributed by atoms with E-state index in [9.17, 15) is 4.79 Å². The molecule has 1 aromatic heterocycles. The second kappa shape index (κ2) is 5.68. The number of benzene rings is 1. The monoisotopic (exact) mass is 286 g/mol. The van der Waals surface area contributed by atoms with Gasteiger partial charge in [-0.15, -0.1) is 0 Å². The van der Waals surface area contributed by atoms with Crippen LogP contribution in [0.4, 0.5) is 5.69 Å². The summed E-state index contributed by atoms with van der Waals surface area (Å²) in [6.45, 7) is 7.90. The lowest BCUT2D eigenvalue weighted by Gasteiger charge is -2.24. The molecule has 2 N–H and O–H groups in total. The van der Waals surface area contributed by atoms with E-state index in [4.69, 9.17) is 5.73 Å². The molecule has 0 atom stereocenters. The van der Waals surface area contributed by atoms with E-state index >= 15 is 0 Å². The first-order valence-corrected chi connectivity index (χ1v) is 7.10. The minimum Gasteiger partial charge on any atom is -0.399 e. The number of hydrogen-bond donors (Lipinski definition) is 1. The first-order valence-electron chi connectivity index (χ1n) is 7.10. The number of carbonyl (C=O) groups excluding carboxylic acids is 1. The Kier molecular flexibility index (Phi) is 4.11. The number of anilines is 1. The maximum absolute atomic E-state index is 12.7. The summed E-state index contributed by atoms with van der Waals surface area (Å²) in [6.07, 6.45) is 1.77. The Hall–Kier alpha value is -2.17. The molecule has 2 rings (SSSR count). The molecule has 5 nitrogen and oxygen atoms in total. The van der Waals surface area contributed by atoms with Crippen LogP contribution in [0.3, 0.4) is 0 Å². The van der Waals surface area contributed by atoms with E-state index in [0.717, 1.165) is 5.56 Å². The molecule has 0 radical (unpaired) electrons. The lowest BCUT2D eigenvalue weighted by atomic mass is 9.79. The number of hydrogen-bond acceptors (Lipinski definition) is 4. The van der Waals surface area contributed by atoms with Crippen LogP contribution < -0.4 is 5.73 Å². The Labute approximate surface area is 125 Å². The van der Waals surface area contributed by atoms with Crippen molar-refractivity contribution in [2.24, 2.45) is 0 Å². The summed E-state index contributed by atoms with van der Waals surface area (Å²) in [5.41, 5.74) is 6.77. The molecule has 1 heterocycles. The third kappa shape index (κ3) is 3.12. The van der Waals surface area contributed by atoms with Crippen molar-refractivity contribution in [1.29, 1.82) is 0 Å². The van der Waals surface area contributed by atoms with Crippen molar-refractivity contribution in [3.8, 4) is 0 Å². The van der Waals surface area contributed by atoms with E-state index in [1.54, 1.807) is 4.68 Å². The summed E-state index contributed by atoms with van der Waals surface area (Å²) >= 11 is 0. The molecule has 21 heavy (non-hydrogen) atoms. The topological polar surface area (TPSA) is 73.8 Å². The van der Waals surface area contributed by atoms with Gasteiger partial charge in [-0.2, -0.15) is 5.10 Å². The molecule has 0 unspecified atom stereocenters. The molecular formula is C16H22N4O. The van der Waals surface area contributed by atoms with Gasteiger partial charge < -0.3 is 5.73 Å². The molecule has 0 bridgehead atoms. The van der Waals surface area contributed by atoms with Crippen LogP contribution in [0, 0.1) is 0 Å². The lowest BCUT2D eigenvalue weighted by molar-refractivity contribution is -0.123. The van der Waals surface area contributed by atoms with Crippen LogP contribution in [0.2, 0.25) is 0 Å². The first kappa shape index (κ1) is 15.2. The fourth-order valence-corrected chi connectivity index (χ4v) is 2.26. The normalized spacial score (nSPS) is 11.9. The molecule has 0 aliphatic carbocycles. The maximum Gasteiger partial charge on any atom is 0.150 e. The van der Waals surface area contributed by atoms with Gasteiger partial charge >= 0.3 is 0 Å². The second-order valence-corrected chi connectivity index (χ2v) is 6.06. The van der Waals surface area contributed by atoms with Gasteiger partial charge in [0, 0.05) is 17.1 Å². The Morgan fingerprint density at radius 3 is 2.48 bits per heavy atom. The van der Waals surface area contributed by atoms with Crippen molar-refractivity contribution < 1.29 is 4.79 Å². The molecule has 0 fully saturated rings. The van der Waals surface area contributed by atoms with Crippen LogP contribution in [0.15, 0.2) is 30.6 Å². The zero-order valence-corrected chi connectivity index (χ0v) is 13.0. The average molecular weight is 286 g/mol. The van der Waals surface area contributed by atoms with Crippen molar-refractivity contribution in [2.45, 2.75) is 45.6 Å². The fourth-order valence-electron chi connectivity index (χ4n) is 2.26. The predicted octanol–water partition coefficient (Wildman–Crippen LogP) is 2.53. The minimum absolute atomic E-state index is 0.113. The SMILES string of the molecule is CC(C)n1ncnc1CC(=O)C(C)(C)c1ccc(N)cc1. The standard InChI is InChI=1S/C16H22N4O/c1-11(2)20-15(18-10-19-20)9-14(21)16(3,4)12-5-7-13(17)8-6-12/h5-8,10-11H,9,17H2,1-4H3. The lowest BCUT2D eigenvalue weighted by Crippen LogP contribution is -2.31. The van der Waals surface area contributed by atoms with Gasteiger partial charge in [-0.25, -0.2) is 9.67 Å². The zero-order chi connectivity index (χ0) is 15.6. The number of nitrogens with zero attached hydrogens (tertiary/aromatic N) is 3. The molecule has 0 saturated heterocycles. The number of nitrogens with two attached hydrogens (primary N) is 1. The number of Topliss-reactive ketones (excluding diaryl/α,β-unsaturated/α-hetero) is 1. The van der Waals surface area contributed by atoms with Crippen LogP contribution in [0.5, 0.6) is 0 Å². The van der Waals surface area contributed by atoms with Crippen molar-refractivity contribution in [1.82, 2.24) is 14.8 Å². The van der Waals surface area contributed by atoms with E-state index in [-0.39, 0.29) is 18.2 Å². The van der Waals surface area contributed by atoms with Crippen LogP contribution in [0.25, 0.3) is 0 Å². The highest BCUT2D eigenvalue weighted by molar-refractivity contribution is 5.90. The Balaban J connectivity index is 2.22. The summed E-state index contributed by atoms with van der Waals surface area (Å²) in [7, 11) is 0. The Morgan fingerprint density at radius 2 is 1.90 bits per heavy atom. The number of nitrogen functional groups attached to an aromatic ring is 1. The van der Waals surface area contributed by atoms with Gasteiger partial charge in [0.25, 0.3) is 0 Å². The molecule has 1 aromatic carbocycles. The number of ketones is 1. The van der Waals surface area contributed by atoms with Gasteiger partial charge in [0.2, 0.25) is 0 Å². The smallest absolute Gasteiger partial charge is 0.150 e. The minimum atomic E-state index is -0.582. The fraction of sp³-hybridized carbons (Fsp3) is 0.438. The second-order valence-electron chi connectivity index (χ2n) is 6.06. The predicted molar refractivity (Wildman–Crippen MR) is 83.0 cm³/mol. The first-order chi connectivity index (χ1) is 9.82. The van der Waals surface area contributed by atoms with Crippen molar-refractivity contribution in [2.75, 3.05) is 5.73 Å². The van der Waals surface area contributed by atoms with Gasteiger partial charge in [0.1, 0.15) is 17.9 Å². The van der Waals surface area contributed by atoms with E-state index in [2.05, 4.69) is 10.1 Å². The highest BCUT2D eigenvalue weighted by atomic mass is 16.1. The van der Waals surface area contributed by atoms with Gasteiger partial charge in [-0.1, -0.05) is 12.1 Å². The Bertz CT molecular complexity index is 626. The highest BCUT2D eigenvalue weighted by Crippen LogP contribution is 2.26. The zero-order valence-electron chi connectivity index (χ0n) is 13.0. The van der Waals surface area contributed by atoms with E-state index in [1.807, 2.05) is 52.0 Å². The summed E-state index contributed by atoms with van der Waals surface area (Å²) in [5, 5.41) is 4.17. The van der Waals surface area contributed by atoms with Gasteiger partial charge in [-0.05, 0) is 45.4 Å². The summed E-state index contributed by atoms with van der Waals surface area (Å²) in [6, 6.07) is 7.64. The van der Waals surface area contributed by atoms with Crippen molar-refractivity contribution >= 4 is 11.5 Å². The summed E-state index contributed by atoms with van der Waals surface area (Å²) in [4.78, 5) is 16.9. The summed E-state index contributed by atoms with van der Waals surface area (Å²) < 4.78 is 1.79. The van der Waals surface area contributed by atoms with Crippen molar-refractivity contribution in [3.05, 3.63) is 42.0 Å². The third-order valence-corrected chi connectivity index (χ3v) is 3.78. The maximum atomic E-state index is 12.7. The number of aromatic nitrogens is 3. The quantitative estimate of drug-likeness (QED) is 0.857. The van der Waals surface area contributed by atoms with Crippen molar-refractivity contribution in [3.63, 3.8) is 0 Å². The average Bonchev–Trinajstić information content (AvgIpc) is 2.87. The van der Waals surface area contributed by atoms with E-state index in [0.29, 0.717) is 11.5 Å². The molecule has 2 aromatic rings. The third-order valence-electron chi connectivity index (χ3n) is 3.78. The number of rotatable bonds is 5. The molecule has 5 heteroatoms. The van der Waals surface area contributed by atoms with Gasteiger partial charge in [0.15, 0.2) is 0 Å². The molecule has 0 saturated carbocycles. The van der Waals surface area contributed by atoms with Crippen LogP contribution in [-0.2, 0) is 16.6 Å². The van der Waals surface area contributed by atoms with Gasteiger partial charge in [0.05, 0.1) is 6.42 Å². The molecule has 0 aliphatic rings. The van der Waals surface area contributed by atoms with Crippen LogP contribution in [-0.4, -0.2) is 20.5 Å². The molecule has 0 amide bonds. The van der Waals surface area contributed by atoms with Crippen LogP contribution in [0.1, 0.15) is 45.1 Å². The molecule has 0 spiro atoms. The number of carbonyl (C=O) groups is 1. The molecule has 112 valence electrons. The van der Waals surface area contributed by atoms with Crippen LogP contribution >= 0.6 is 0 Å². The van der Waals surface area contributed by atoms with E-state index < -0.39 is 5.41 Å².